The first-order valence-electron chi connectivity index (χ1n) is 6.46. The summed E-state index contributed by atoms with van der Waals surface area (Å²) in [5.74, 6) is 0. The number of hydrogen-bond acceptors (Lipinski definition) is 3. The van der Waals surface area contributed by atoms with Gasteiger partial charge in [-0.25, -0.2) is 0 Å². The molecule has 2 aliphatic rings. The van der Waals surface area contributed by atoms with Crippen LogP contribution in [0.5, 0.6) is 0 Å². The smallest absolute Gasteiger partial charge is 0.0380 e. The van der Waals surface area contributed by atoms with Gasteiger partial charge in [-0.05, 0) is 56.1 Å². The molecule has 0 saturated carbocycles. The van der Waals surface area contributed by atoms with Crippen LogP contribution in [0.2, 0.25) is 0 Å². The molecular formula is C14H23N3. The van der Waals surface area contributed by atoms with E-state index in [4.69, 9.17) is 5.73 Å². The molecule has 3 heteroatoms. The van der Waals surface area contributed by atoms with Crippen LogP contribution in [0.4, 0.5) is 0 Å². The highest BCUT2D eigenvalue weighted by Crippen LogP contribution is 2.39. The molecule has 0 bridgehead atoms. The van der Waals surface area contributed by atoms with Gasteiger partial charge in [0, 0.05) is 18.8 Å². The lowest BCUT2D eigenvalue weighted by atomic mass is 9.78. The van der Waals surface area contributed by atoms with Crippen molar-refractivity contribution < 1.29 is 0 Å². The second-order valence-corrected chi connectivity index (χ2v) is 5.11. The molecule has 0 aliphatic carbocycles. The van der Waals surface area contributed by atoms with Gasteiger partial charge in [-0.1, -0.05) is 12.7 Å². The second-order valence-electron chi connectivity index (χ2n) is 5.11. The number of nitrogens with one attached hydrogen (secondary N) is 1. The quantitative estimate of drug-likeness (QED) is 0.728. The first-order valence-corrected chi connectivity index (χ1v) is 6.46. The maximum Gasteiger partial charge on any atom is 0.0380 e. The van der Waals surface area contributed by atoms with Crippen molar-refractivity contribution in [1.82, 2.24) is 10.2 Å². The maximum absolute atomic E-state index is 5.50. The third-order valence-corrected chi connectivity index (χ3v) is 4.02. The highest BCUT2D eigenvalue weighted by molar-refractivity contribution is 5.23. The Labute approximate surface area is 104 Å². The van der Waals surface area contributed by atoms with E-state index in [0.29, 0.717) is 5.41 Å². The predicted octanol–water partition coefficient (Wildman–Crippen LogP) is 1.60. The van der Waals surface area contributed by atoms with Crippen LogP contribution >= 0.6 is 0 Å². The van der Waals surface area contributed by atoms with Gasteiger partial charge in [0.2, 0.25) is 0 Å². The molecule has 1 spiro atoms. The third kappa shape index (κ3) is 2.72. The van der Waals surface area contributed by atoms with Gasteiger partial charge in [0.15, 0.2) is 0 Å². The molecule has 17 heavy (non-hydrogen) atoms. The van der Waals surface area contributed by atoms with E-state index < -0.39 is 0 Å². The van der Waals surface area contributed by atoms with Crippen molar-refractivity contribution in [3.05, 3.63) is 36.7 Å². The van der Waals surface area contributed by atoms with Crippen LogP contribution < -0.4 is 11.1 Å². The zero-order valence-electron chi connectivity index (χ0n) is 10.5. The normalized spacial score (nSPS) is 24.7. The van der Waals surface area contributed by atoms with Gasteiger partial charge < -0.3 is 16.0 Å². The number of likely N-dealkylation sites (tertiary alicyclic amines) is 1. The molecule has 0 unspecified atom stereocenters. The summed E-state index contributed by atoms with van der Waals surface area (Å²) in [6, 6.07) is 0. The van der Waals surface area contributed by atoms with Crippen molar-refractivity contribution >= 4 is 0 Å². The Morgan fingerprint density at radius 3 is 2.71 bits per heavy atom. The van der Waals surface area contributed by atoms with Gasteiger partial charge in [0.1, 0.15) is 0 Å². The summed E-state index contributed by atoms with van der Waals surface area (Å²) in [4.78, 5) is 2.44. The van der Waals surface area contributed by atoms with Crippen LogP contribution in [0, 0.1) is 5.41 Å². The summed E-state index contributed by atoms with van der Waals surface area (Å²) in [5, 5.41) is 3.45. The van der Waals surface area contributed by atoms with Crippen LogP contribution in [-0.4, -0.2) is 31.1 Å². The summed E-state index contributed by atoms with van der Waals surface area (Å²) in [7, 11) is 0. The van der Waals surface area contributed by atoms with Gasteiger partial charge in [-0.2, -0.15) is 0 Å². The second kappa shape index (κ2) is 5.41. The highest BCUT2D eigenvalue weighted by Gasteiger charge is 2.38. The van der Waals surface area contributed by atoms with E-state index in [-0.39, 0.29) is 0 Å². The molecule has 2 fully saturated rings. The van der Waals surface area contributed by atoms with Crippen LogP contribution in [0.3, 0.4) is 0 Å². The van der Waals surface area contributed by atoms with E-state index in [0.717, 1.165) is 6.54 Å². The highest BCUT2D eigenvalue weighted by atomic mass is 15.2. The lowest BCUT2D eigenvalue weighted by Gasteiger charge is -2.34. The van der Waals surface area contributed by atoms with E-state index in [1.165, 1.54) is 44.6 Å². The zero-order chi connectivity index (χ0) is 12.1. The molecule has 0 aromatic heterocycles. The topological polar surface area (TPSA) is 41.3 Å². The number of nitrogens with zero attached hydrogens (tertiary/aromatic N) is 1. The minimum Gasteiger partial charge on any atom is -0.405 e. The molecule has 2 rings (SSSR count). The Balaban J connectivity index is 2.05. The van der Waals surface area contributed by atoms with Crippen molar-refractivity contribution in [1.29, 1.82) is 0 Å². The van der Waals surface area contributed by atoms with Crippen molar-refractivity contribution in [2.75, 3.05) is 26.2 Å². The molecule has 2 heterocycles. The summed E-state index contributed by atoms with van der Waals surface area (Å²) in [5.41, 5.74) is 7.23. The molecule has 3 N–H and O–H groups in total. The lowest BCUT2D eigenvalue weighted by molar-refractivity contribution is 0.210. The van der Waals surface area contributed by atoms with Gasteiger partial charge >= 0.3 is 0 Å². The Morgan fingerprint density at radius 2 is 2.06 bits per heavy atom. The Hall–Kier alpha value is -1.22. The van der Waals surface area contributed by atoms with Crippen molar-refractivity contribution in [2.24, 2.45) is 11.1 Å². The van der Waals surface area contributed by atoms with Crippen molar-refractivity contribution in [3.63, 3.8) is 0 Å². The van der Waals surface area contributed by atoms with E-state index >= 15 is 0 Å². The molecule has 3 nitrogen and oxygen atoms in total. The van der Waals surface area contributed by atoms with E-state index in [9.17, 15) is 0 Å². The number of hydrogen-bond donors (Lipinski definition) is 2. The number of piperidine rings is 1. The summed E-state index contributed by atoms with van der Waals surface area (Å²) in [6.45, 7) is 8.41. The average Bonchev–Trinajstić information content (AvgIpc) is 2.74. The minimum absolute atomic E-state index is 0.536. The van der Waals surface area contributed by atoms with Gasteiger partial charge in [0.05, 0.1) is 0 Å². The fourth-order valence-corrected chi connectivity index (χ4v) is 3.01. The van der Waals surface area contributed by atoms with E-state index in [1.54, 1.807) is 6.20 Å². The van der Waals surface area contributed by atoms with Crippen LogP contribution in [-0.2, 0) is 0 Å². The predicted molar refractivity (Wildman–Crippen MR) is 72.3 cm³/mol. The first kappa shape index (κ1) is 12.2. The van der Waals surface area contributed by atoms with Gasteiger partial charge in [0.25, 0.3) is 0 Å². The zero-order valence-corrected chi connectivity index (χ0v) is 10.5. The maximum atomic E-state index is 5.50. The third-order valence-electron chi connectivity index (χ3n) is 4.02. The summed E-state index contributed by atoms with van der Waals surface area (Å²) < 4.78 is 0. The van der Waals surface area contributed by atoms with Gasteiger partial charge in [-0.15, -0.1) is 0 Å². The monoisotopic (exact) mass is 233 g/mol. The largest absolute Gasteiger partial charge is 0.405 e. The number of allylic oxidation sites excluding steroid dienone is 3. The average molecular weight is 233 g/mol. The SMILES string of the molecule is C=C/C=C(\C=C/N)N1CCC2(CCNCC2)C1. The van der Waals surface area contributed by atoms with Gasteiger partial charge in [-0.3, -0.25) is 0 Å². The first-order chi connectivity index (χ1) is 8.29. The molecule has 0 radical (unpaired) electrons. The number of rotatable bonds is 3. The fourth-order valence-electron chi connectivity index (χ4n) is 3.01. The van der Waals surface area contributed by atoms with E-state index in [1.807, 2.05) is 18.2 Å². The number of nitrogens with two attached hydrogens (primary N) is 1. The molecule has 0 aromatic rings. The molecular weight excluding hydrogens is 210 g/mol. The Morgan fingerprint density at radius 1 is 1.29 bits per heavy atom. The standard InChI is InChI=1S/C14H23N3/c1-2-3-13(4-8-15)17-11-7-14(12-17)5-9-16-10-6-14/h2-4,8,16H,1,5-7,9-12,15H2/b8-4-,13-3+. The summed E-state index contributed by atoms with van der Waals surface area (Å²) in [6.07, 6.45) is 11.4. The molecule has 0 aromatic carbocycles. The Kier molecular flexibility index (Phi) is 3.89. The van der Waals surface area contributed by atoms with E-state index in [2.05, 4.69) is 16.8 Å². The lowest BCUT2D eigenvalue weighted by Crippen LogP contribution is -2.38. The van der Waals surface area contributed by atoms with Crippen LogP contribution in [0.15, 0.2) is 36.7 Å². The molecule has 94 valence electrons. The molecule has 2 aliphatic heterocycles. The summed E-state index contributed by atoms with van der Waals surface area (Å²) >= 11 is 0. The van der Waals surface area contributed by atoms with Crippen LogP contribution in [0.25, 0.3) is 0 Å². The van der Waals surface area contributed by atoms with Crippen LogP contribution in [0.1, 0.15) is 19.3 Å². The Bertz CT molecular complexity index is 324. The fraction of sp³-hybridized carbons (Fsp3) is 0.571. The molecule has 2 saturated heterocycles. The van der Waals surface area contributed by atoms with Crippen molar-refractivity contribution in [2.45, 2.75) is 19.3 Å². The van der Waals surface area contributed by atoms with Crippen molar-refractivity contribution in [3.8, 4) is 0 Å². The molecule has 0 atom stereocenters. The minimum atomic E-state index is 0.536. The molecule has 0 amide bonds.